The van der Waals surface area contributed by atoms with Crippen LogP contribution in [0, 0.1) is 11.6 Å². The van der Waals surface area contributed by atoms with Crippen LogP contribution in [0.15, 0.2) is 98.1 Å². The molecule has 3 aromatic carbocycles. The summed E-state index contributed by atoms with van der Waals surface area (Å²) < 4.78 is 50.4. The van der Waals surface area contributed by atoms with Crippen LogP contribution in [0.4, 0.5) is 30.6 Å². The maximum absolute atomic E-state index is 14.9. The molecule has 5 heterocycles. The Labute approximate surface area is 372 Å². The third-order valence-corrected chi connectivity index (χ3v) is 12.6. The molecule has 0 bridgehead atoms. The Balaban J connectivity index is 0.000000589. The highest BCUT2D eigenvalue weighted by molar-refractivity contribution is 7.97. The van der Waals surface area contributed by atoms with E-state index in [0.717, 1.165) is 74.3 Å². The molecule has 338 valence electrons. The summed E-state index contributed by atoms with van der Waals surface area (Å²) in [6.07, 6.45) is 12.4. The van der Waals surface area contributed by atoms with Gasteiger partial charge in [0.15, 0.2) is 12.0 Å². The fourth-order valence-corrected chi connectivity index (χ4v) is 9.00. The van der Waals surface area contributed by atoms with Crippen LogP contribution in [-0.2, 0) is 21.6 Å². The Morgan fingerprint density at radius 1 is 0.905 bits per heavy atom. The number of ether oxygens (including phenoxy) is 3. The molecule has 3 saturated heterocycles. The minimum absolute atomic E-state index is 0.0250. The number of urea groups is 1. The summed E-state index contributed by atoms with van der Waals surface area (Å²) in [6.45, 7) is 12.0. The molecule has 63 heavy (non-hydrogen) atoms. The van der Waals surface area contributed by atoms with Gasteiger partial charge in [-0.1, -0.05) is 32.8 Å². The number of β-amino-alcohol motifs (C(OH)–C–C–N with tert-alkyl or cyclic N) is 1. The Morgan fingerprint density at radius 3 is 2.21 bits per heavy atom. The molecule has 1 N–H and O–H groups in total. The van der Waals surface area contributed by atoms with Crippen molar-refractivity contribution in [1.82, 2.24) is 28.6 Å². The highest BCUT2D eigenvalue weighted by Crippen LogP contribution is 2.38. The van der Waals surface area contributed by atoms with E-state index in [0.29, 0.717) is 12.2 Å². The van der Waals surface area contributed by atoms with Gasteiger partial charge in [-0.15, -0.1) is 0 Å². The van der Waals surface area contributed by atoms with Gasteiger partial charge in [-0.05, 0) is 99.7 Å². The predicted octanol–water partition coefficient (Wildman–Crippen LogP) is 7.94. The van der Waals surface area contributed by atoms with Gasteiger partial charge in [0.1, 0.15) is 48.6 Å². The first-order valence-electron chi connectivity index (χ1n) is 21.9. The maximum Gasteiger partial charge on any atom is 0.327 e. The van der Waals surface area contributed by atoms with Crippen molar-refractivity contribution in [3.05, 3.63) is 115 Å². The number of anilines is 3. The molecule has 14 nitrogen and oxygen atoms in total. The van der Waals surface area contributed by atoms with Crippen molar-refractivity contribution in [2.24, 2.45) is 0 Å². The molecule has 0 spiro atoms. The van der Waals surface area contributed by atoms with Crippen molar-refractivity contribution in [1.29, 1.82) is 0 Å². The van der Waals surface area contributed by atoms with Gasteiger partial charge in [0.05, 0.1) is 19.7 Å². The fraction of sp³-hybridized carbons (Fsp3) is 0.478. The molecule has 3 aliphatic heterocycles. The average Bonchev–Trinajstić information content (AvgIpc) is 4.12. The number of amides is 2. The third-order valence-electron chi connectivity index (χ3n) is 11.5. The quantitative estimate of drug-likeness (QED) is 0.0916. The zero-order valence-corrected chi connectivity index (χ0v) is 37.4. The van der Waals surface area contributed by atoms with E-state index >= 15 is 0 Å². The number of carbonyl (C=O) groups is 1. The van der Waals surface area contributed by atoms with Crippen LogP contribution in [0.3, 0.4) is 0 Å². The van der Waals surface area contributed by atoms with Gasteiger partial charge in [0.25, 0.3) is 0 Å². The van der Waals surface area contributed by atoms with Crippen molar-refractivity contribution in [2.45, 2.75) is 90.0 Å². The number of aliphatic hydroxyl groups is 1. The van der Waals surface area contributed by atoms with Crippen LogP contribution in [0.2, 0.25) is 0 Å². The molecule has 0 aliphatic carbocycles. The molecule has 3 fully saturated rings. The zero-order valence-electron chi connectivity index (χ0n) is 36.6. The molecule has 5 aromatic rings. The summed E-state index contributed by atoms with van der Waals surface area (Å²) in [5.74, 6) is 0.399. The first-order valence-corrected chi connectivity index (χ1v) is 22.8. The number of hydrogen-bond acceptors (Lipinski definition) is 11. The van der Waals surface area contributed by atoms with Crippen LogP contribution in [0.5, 0.6) is 5.75 Å². The fourth-order valence-electron chi connectivity index (χ4n) is 8.34. The highest BCUT2D eigenvalue weighted by atomic mass is 32.2. The second-order valence-electron chi connectivity index (χ2n) is 16.4. The first-order chi connectivity index (χ1) is 30.5. The van der Waals surface area contributed by atoms with Crippen molar-refractivity contribution in [2.75, 3.05) is 66.4 Å². The number of piperazine rings is 1. The number of rotatable bonds is 17. The Kier molecular flexibility index (Phi) is 15.2. The topological polar surface area (TPSA) is 126 Å². The summed E-state index contributed by atoms with van der Waals surface area (Å²) in [5.41, 5.74) is 0.734. The Bertz CT molecular complexity index is 2180. The van der Waals surface area contributed by atoms with E-state index in [2.05, 4.69) is 50.8 Å². The lowest BCUT2D eigenvalue weighted by Gasteiger charge is -2.37. The van der Waals surface area contributed by atoms with Crippen molar-refractivity contribution >= 4 is 35.0 Å². The molecule has 0 radical (unpaired) electrons. The molecule has 17 heteroatoms. The van der Waals surface area contributed by atoms with Gasteiger partial charge in [-0.2, -0.15) is 5.10 Å². The van der Waals surface area contributed by atoms with Crippen molar-refractivity contribution in [3.63, 3.8) is 0 Å². The Morgan fingerprint density at radius 2 is 1.60 bits per heavy atom. The second kappa shape index (κ2) is 21.0. The lowest BCUT2D eigenvalue weighted by atomic mass is 9.94. The second-order valence-corrected chi connectivity index (χ2v) is 17.5. The normalized spacial score (nSPS) is 21.3. The molecular formula is C46H59F2N9O5S. The van der Waals surface area contributed by atoms with Gasteiger partial charge >= 0.3 is 6.03 Å². The summed E-state index contributed by atoms with van der Waals surface area (Å²) in [7, 11) is 0. The monoisotopic (exact) mass is 887 g/mol. The number of hydrogen-bond donors (Lipinski definition) is 1. The summed E-state index contributed by atoms with van der Waals surface area (Å²) >= 11 is 1.78. The van der Waals surface area contributed by atoms with Gasteiger partial charge in [0, 0.05) is 79.1 Å². The standard InChI is InChI=1S/C40H49F2N7O5.C6H10N2S/c1-4-5-6-17-40(51)25-48(38(50)49(40)29(2)3)33-10-8-31(9-11-33)45-18-20-46(21-19-45)32-12-14-34(15-13-32)52-23-37-53-26-39(54-37,24-47-28-43-27-44-47)35-16-7-30(41)22-36(35)42;1-2-5-9-8-4-3-7-6-8/h7-16,22,27-29,37,51H,4-6,17-21,23-26H2,1-3H3;3-4,6H,2,5H2,1H3/t37-,39+,40?;/m0./s1. The molecule has 1 unspecified atom stereocenters. The van der Waals surface area contributed by atoms with E-state index < -0.39 is 29.3 Å². The number of benzene rings is 3. The van der Waals surface area contributed by atoms with E-state index in [1.54, 1.807) is 27.9 Å². The predicted molar refractivity (Wildman–Crippen MR) is 241 cm³/mol. The SMILES string of the molecule is CCCCCC1(O)CN(c2ccc(N3CCN(c4ccc(OC[C@H]5OC[C@](Cn6cncn6)(c6ccc(F)cc6F)O5)cc4)CC3)cc2)C(=O)N1C(C)C.CCCSn1ccnc1. The summed E-state index contributed by atoms with van der Waals surface area (Å²) in [5, 5.41) is 15.7. The minimum atomic E-state index is -1.24. The average molecular weight is 888 g/mol. The molecule has 8 rings (SSSR count). The number of unbranched alkanes of at least 4 members (excludes halogenated alkanes) is 2. The number of nitrogens with zero attached hydrogens (tertiary/aromatic N) is 9. The van der Waals surface area contributed by atoms with Crippen LogP contribution in [0.25, 0.3) is 0 Å². The van der Waals surface area contributed by atoms with E-state index in [1.165, 1.54) is 35.9 Å². The van der Waals surface area contributed by atoms with Crippen molar-refractivity contribution in [3.8, 4) is 5.75 Å². The van der Waals surface area contributed by atoms with E-state index in [1.807, 2.05) is 66.7 Å². The molecular weight excluding hydrogens is 829 g/mol. The van der Waals surface area contributed by atoms with Gasteiger partial charge < -0.3 is 29.1 Å². The zero-order chi connectivity index (χ0) is 44.4. The number of carbonyl (C=O) groups excluding carboxylic acids is 1. The van der Waals surface area contributed by atoms with Crippen molar-refractivity contribution < 1.29 is 32.9 Å². The van der Waals surface area contributed by atoms with Gasteiger partial charge in [-0.3, -0.25) is 13.8 Å². The molecule has 3 atom stereocenters. The summed E-state index contributed by atoms with van der Waals surface area (Å²) in [4.78, 5) is 29.3. The molecule has 0 saturated carbocycles. The van der Waals surface area contributed by atoms with Crippen LogP contribution >= 0.6 is 11.9 Å². The Hall–Kier alpha value is -5.23. The lowest BCUT2D eigenvalue weighted by Crippen LogP contribution is -2.50. The minimum Gasteiger partial charge on any atom is -0.488 e. The lowest BCUT2D eigenvalue weighted by molar-refractivity contribution is -0.117. The first kappa shape index (κ1) is 45.8. The van der Waals surface area contributed by atoms with Crippen LogP contribution in [-0.4, -0.2) is 110 Å². The van der Waals surface area contributed by atoms with Gasteiger partial charge in [0.2, 0.25) is 0 Å². The largest absolute Gasteiger partial charge is 0.488 e. The highest BCUT2D eigenvalue weighted by Gasteiger charge is 2.50. The number of imidazole rings is 1. The van der Waals surface area contributed by atoms with Crippen LogP contribution < -0.4 is 19.4 Å². The summed E-state index contributed by atoms with van der Waals surface area (Å²) in [6, 6.07) is 19.1. The van der Waals surface area contributed by atoms with E-state index in [-0.39, 0.29) is 43.9 Å². The third kappa shape index (κ3) is 11.1. The smallest absolute Gasteiger partial charge is 0.327 e. The molecule has 2 amide bonds. The number of aromatic nitrogens is 5. The molecule has 2 aromatic heterocycles. The number of halogens is 2. The van der Waals surface area contributed by atoms with E-state index in [4.69, 9.17) is 14.2 Å². The van der Waals surface area contributed by atoms with Gasteiger partial charge in [-0.25, -0.2) is 28.2 Å². The van der Waals surface area contributed by atoms with Crippen LogP contribution in [0.1, 0.15) is 65.4 Å². The maximum atomic E-state index is 14.9. The molecule has 3 aliphatic rings. The van der Waals surface area contributed by atoms with E-state index in [9.17, 15) is 18.7 Å².